The minimum atomic E-state index is -4.56. The van der Waals surface area contributed by atoms with E-state index in [1.54, 1.807) is 4.90 Å². The standard InChI is InChI=1S/C22H16ClF3N2O2/c23-17-9-8-15(22(24,25)26)11-18(17)27-21(30)14-10-20(29)28(12-14)19-7-3-5-13-4-1-2-6-16(13)19/h1-9,11,14H,10,12H2,(H,27,30)/t14-/m0/s1. The van der Waals surface area contributed by atoms with E-state index in [9.17, 15) is 22.8 Å². The summed E-state index contributed by atoms with van der Waals surface area (Å²) in [5, 5.41) is 4.29. The fraction of sp³-hybridized carbons (Fsp3) is 0.182. The number of hydrogen-bond donors (Lipinski definition) is 1. The monoisotopic (exact) mass is 432 g/mol. The van der Waals surface area contributed by atoms with E-state index in [1.807, 2.05) is 42.5 Å². The Hall–Kier alpha value is -3.06. The van der Waals surface area contributed by atoms with Crippen LogP contribution in [0.15, 0.2) is 60.7 Å². The highest BCUT2D eigenvalue weighted by Crippen LogP contribution is 2.35. The van der Waals surface area contributed by atoms with Crippen LogP contribution in [0, 0.1) is 5.92 Å². The molecular formula is C22H16ClF3N2O2. The van der Waals surface area contributed by atoms with Gasteiger partial charge in [-0.25, -0.2) is 0 Å². The van der Waals surface area contributed by atoms with Crippen LogP contribution >= 0.6 is 11.6 Å². The summed E-state index contributed by atoms with van der Waals surface area (Å²) in [4.78, 5) is 26.8. The molecule has 0 aromatic heterocycles. The largest absolute Gasteiger partial charge is 0.416 e. The Morgan fingerprint density at radius 1 is 1.07 bits per heavy atom. The molecular weight excluding hydrogens is 417 g/mol. The third-order valence-corrected chi connectivity index (χ3v) is 5.43. The van der Waals surface area contributed by atoms with E-state index in [0.717, 1.165) is 29.0 Å². The molecule has 1 aliphatic rings. The first-order valence-electron chi connectivity index (χ1n) is 9.20. The van der Waals surface area contributed by atoms with Crippen LogP contribution in [-0.4, -0.2) is 18.4 Å². The fourth-order valence-electron chi connectivity index (χ4n) is 3.59. The van der Waals surface area contributed by atoms with E-state index in [1.165, 1.54) is 0 Å². The number of nitrogens with one attached hydrogen (secondary N) is 1. The number of anilines is 2. The number of carbonyl (C=O) groups excluding carboxylic acids is 2. The van der Waals surface area contributed by atoms with E-state index in [2.05, 4.69) is 5.32 Å². The summed E-state index contributed by atoms with van der Waals surface area (Å²) in [6.45, 7) is 0.134. The molecule has 30 heavy (non-hydrogen) atoms. The summed E-state index contributed by atoms with van der Waals surface area (Å²) < 4.78 is 38.8. The van der Waals surface area contributed by atoms with Gasteiger partial charge < -0.3 is 10.2 Å². The first-order valence-corrected chi connectivity index (χ1v) is 9.57. The smallest absolute Gasteiger partial charge is 0.324 e. The highest BCUT2D eigenvalue weighted by molar-refractivity contribution is 6.33. The van der Waals surface area contributed by atoms with Gasteiger partial charge in [-0.1, -0.05) is 48.0 Å². The van der Waals surface area contributed by atoms with Gasteiger partial charge in [0, 0.05) is 18.4 Å². The van der Waals surface area contributed by atoms with Crippen LogP contribution in [0.25, 0.3) is 10.8 Å². The zero-order valence-electron chi connectivity index (χ0n) is 15.5. The SMILES string of the molecule is O=C(Nc1cc(C(F)(F)F)ccc1Cl)[C@H]1CC(=O)N(c2cccc3ccccc23)C1. The molecule has 0 aliphatic carbocycles. The van der Waals surface area contributed by atoms with Gasteiger partial charge in [-0.2, -0.15) is 13.2 Å². The third kappa shape index (κ3) is 3.85. The Morgan fingerprint density at radius 2 is 1.80 bits per heavy atom. The number of amides is 2. The van der Waals surface area contributed by atoms with E-state index in [-0.39, 0.29) is 29.6 Å². The first-order chi connectivity index (χ1) is 14.2. The second-order valence-corrected chi connectivity index (χ2v) is 7.49. The third-order valence-electron chi connectivity index (χ3n) is 5.10. The molecule has 1 aliphatic heterocycles. The Bertz CT molecular complexity index is 1140. The molecule has 4 nitrogen and oxygen atoms in total. The quantitative estimate of drug-likeness (QED) is 0.593. The van der Waals surface area contributed by atoms with Crippen molar-refractivity contribution in [3.05, 3.63) is 71.2 Å². The lowest BCUT2D eigenvalue weighted by molar-refractivity contribution is -0.137. The lowest BCUT2D eigenvalue weighted by Crippen LogP contribution is -2.28. The van der Waals surface area contributed by atoms with Crippen LogP contribution in [0.5, 0.6) is 0 Å². The average Bonchev–Trinajstić information content (AvgIpc) is 3.10. The molecule has 0 bridgehead atoms. The van der Waals surface area contributed by atoms with Gasteiger partial charge in [-0.15, -0.1) is 0 Å². The molecule has 1 fully saturated rings. The van der Waals surface area contributed by atoms with Gasteiger partial charge in [0.15, 0.2) is 0 Å². The average molecular weight is 433 g/mol. The van der Waals surface area contributed by atoms with E-state index in [0.29, 0.717) is 5.69 Å². The second kappa shape index (κ2) is 7.65. The molecule has 8 heteroatoms. The number of rotatable bonds is 3. The summed E-state index contributed by atoms with van der Waals surface area (Å²) in [5.74, 6) is -1.48. The molecule has 1 heterocycles. The molecule has 0 saturated carbocycles. The molecule has 3 aromatic rings. The van der Waals surface area contributed by atoms with Crippen molar-refractivity contribution in [2.75, 3.05) is 16.8 Å². The van der Waals surface area contributed by atoms with Gasteiger partial charge in [0.1, 0.15) is 0 Å². The fourth-order valence-corrected chi connectivity index (χ4v) is 3.76. The highest BCUT2D eigenvalue weighted by atomic mass is 35.5. The Labute approximate surface area is 175 Å². The van der Waals surface area contributed by atoms with Crippen LogP contribution < -0.4 is 10.2 Å². The summed E-state index contributed by atoms with van der Waals surface area (Å²) >= 11 is 5.96. The molecule has 1 atom stereocenters. The van der Waals surface area contributed by atoms with Gasteiger partial charge in [-0.05, 0) is 29.7 Å². The maximum absolute atomic E-state index is 12.9. The minimum Gasteiger partial charge on any atom is -0.324 e. The molecule has 0 spiro atoms. The van der Waals surface area contributed by atoms with Crippen LogP contribution in [0.1, 0.15) is 12.0 Å². The predicted octanol–water partition coefficient (Wildman–Crippen LogP) is 5.50. The van der Waals surface area contributed by atoms with Crippen LogP contribution in [0.4, 0.5) is 24.5 Å². The van der Waals surface area contributed by atoms with Crippen molar-refractivity contribution < 1.29 is 22.8 Å². The zero-order valence-corrected chi connectivity index (χ0v) is 16.3. The van der Waals surface area contributed by atoms with Crippen molar-refractivity contribution in [1.29, 1.82) is 0 Å². The molecule has 4 rings (SSSR count). The lowest BCUT2D eigenvalue weighted by atomic mass is 10.1. The van der Waals surface area contributed by atoms with Crippen molar-refractivity contribution in [3.8, 4) is 0 Å². The summed E-state index contributed by atoms with van der Waals surface area (Å²) in [6, 6.07) is 15.9. The van der Waals surface area contributed by atoms with E-state index < -0.39 is 23.6 Å². The first kappa shape index (κ1) is 20.2. The molecule has 3 aromatic carbocycles. The van der Waals surface area contributed by atoms with Crippen molar-refractivity contribution in [2.45, 2.75) is 12.6 Å². The molecule has 154 valence electrons. The van der Waals surface area contributed by atoms with Gasteiger partial charge in [0.25, 0.3) is 0 Å². The summed E-state index contributed by atoms with van der Waals surface area (Å²) in [6.07, 6.45) is -4.59. The van der Waals surface area contributed by atoms with Gasteiger partial charge in [0.05, 0.1) is 27.9 Å². The van der Waals surface area contributed by atoms with Gasteiger partial charge >= 0.3 is 6.18 Å². The number of hydrogen-bond acceptors (Lipinski definition) is 2. The van der Waals surface area contributed by atoms with Crippen LogP contribution in [-0.2, 0) is 15.8 Å². The minimum absolute atomic E-state index is 0.00779. The Morgan fingerprint density at radius 3 is 2.57 bits per heavy atom. The normalized spacial score (nSPS) is 16.9. The number of alkyl halides is 3. The highest BCUT2D eigenvalue weighted by Gasteiger charge is 2.36. The Kier molecular flexibility index (Phi) is 5.15. The Balaban J connectivity index is 1.55. The van der Waals surface area contributed by atoms with E-state index >= 15 is 0 Å². The number of carbonyl (C=O) groups is 2. The summed E-state index contributed by atoms with van der Waals surface area (Å²) in [7, 11) is 0. The number of halogens is 4. The maximum atomic E-state index is 12.9. The van der Waals surface area contributed by atoms with Crippen LogP contribution in [0.2, 0.25) is 5.02 Å². The lowest BCUT2D eigenvalue weighted by Gasteiger charge is -2.19. The molecule has 1 N–H and O–H groups in total. The topological polar surface area (TPSA) is 49.4 Å². The van der Waals surface area contributed by atoms with Crippen molar-refractivity contribution >= 4 is 45.6 Å². The molecule has 0 unspecified atom stereocenters. The number of benzene rings is 3. The predicted molar refractivity (Wildman–Crippen MR) is 109 cm³/mol. The van der Waals surface area contributed by atoms with Crippen LogP contribution in [0.3, 0.4) is 0 Å². The number of nitrogens with zero attached hydrogens (tertiary/aromatic N) is 1. The zero-order chi connectivity index (χ0) is 21.5. The molecule has 1 saturated heterocycles. The molecule has 2 amide bonds. The van der Waals surface area contributed by atoms with Crippen molar-refractivity contribution in [1.82, 2.24) is 0 Å². The van der Waals surface area contributed by atoms with Gasteiger partial charge in [0.2, 0.25) is 11.8 Å². The maximum Gasteiger partial charge on any atom is 0.416 e. The summed E-state index contributed by atoms with van der Waals surface area (Å²) in [5.41, 5.74) is -0.347. The van der Waals surface area contributed by atoms with Gasteiger partial charge in [-0.3, -0.25) is 9.59 Å². The van der Waals surface area contributed by atoms with E-state index in [4.69, 9.17) is 11.6 Å². The number of fused-ring (bicyclic) bond motifs is 1. The van der Waals surface area contributed by atoms with Crippen molar-refractivity contribution in [3.63, 3.8) is 0 Å². The second-order valence-electron chi connectivity index (χ2n) is 7.09. The molecule has 0 radical (unpaired) electrons. The van der Waals surface area contributed by atoms with Crippen molar-refractivity contribution in [2.24, 2.45) is 5.92 Å².